The molecule has 0 saturated heterocycles. The Morgan fingerprint density at radius 2 is 2.00 bits per heavy atom. The van der Waals surface area contributed by atoms with Crippen molar-refractivity contribution in [2.75, 3.05) is 11.9 Å². The van der Waals surface area contributed by atoms with Gasteiger partial charge in [0, 0.05) is 30.2 Å². The van der Waals surface area contributed by atoms with Crippen LogP contribution in [0.1, 0.15) is 19.4 Å². The number of benzene rings is 1. The molecule has 7 heteroatoms. The summed E-state index contributed by atoms with van der Waals surface area (Å²) in [4.78, 5) is 25.1. The minimum absolute atomic E-state index is 0.0466. The summed E-state index contributed by atoms with van der Waals surface area (Å²) in [7, 11) is 0. The Hall–Kier alpha value is -2.73. The number of fused-ring (bicyclic) bond motifs is 1. The van der Waals surface area contributed by atoms with Gasteiger partial charge in [0.25, 0.3) is 5.56 Å². The maximum Gasteiger partial charge on any atom is 0.279 e. The number of rotatable bonds is 5. The van der Waals surface area contributed by atoms with Gasteiger partial charge in [0.05, 0.1) is 6.54 Å². The lowest BCUT2D eigenvalue weighted by Gasteiger charge is -2.13. The van der Waals surface area contributed by atoms with Gasteiger partial charge < -0.3 is 19.4 Å². The number of aromatic nitrogens is 2. The molecular weight excluding hydrogens is 354 g/mol. The van der Waals surface area contributed by atoms with Gasteiger partial charge in [0.1, 0.15) is 5.69 Å². The molecule has 0 aliphatic rings. The zero-order valence-corrected chi connectivity index (χ0v) is 15.3. The SMILES string of the molecule is CC(C)CNc1cn2ccn(Cc3cccc(Cl)c3)c(=O)c2c(O)c1=O. The highest BCUT2D eigenvalue weighted by Crippen LogP contribution is 2.15. The van der Waals surface area contributed by atoms with Gasteiger partial charge in [-0.2, -0.15) is 0 Å². The third-order valence-corrected chi connectivity index (χ3v) is 4.26. The van der Waals surface area contributed by atoms with E-state index in [2.05, 4.69) is 5.32 Å². The maximum atomic E-state index is 12.8. The lowest BCUT2D eigenvalue weighted by molar-refractivity contribution is 0.472. The fraction of sp³-hybridized carbons (Fsp3) is 0.263. The molecule has 0 atom stereocenters. The van der Waals surface area contributed by atoms with E-state index < -0.39 is 16.7 Å². The first-order chi connectivity index (χ1) is 12.4. The van der Waals surface area contributed by atoms with E-state index in [-0.39, 0.29) is 17.7 Å². The number of nitrogens with one attached hydrogen (secondary N) is 1. The molecule has 0 unspecified atom stereocenters. The minimum atomic E-state index is -0.580. The quantitative estimate of drug-likeness (QED) is 0.721. The number of hydrogen-bond donors (Lipinski definition) is 2. The molecular formula is C19H20ClN3O3. The molecule has 2 aromatic heterocycles. The summed E-state index contributed by atoms with van der Waals surface area (Å²) in [5.41, 5.74) is 0.0389. The lowest BCUT2D eigenvalue weighted by Crippen LogP contribution is -2.25. The molecule has 136 valence electrons. The maximum absolute atomic E-state index is 12.8. The van der Waals surface area contributed by atoms with E-state index in [1.807, 2.05) is 19.9 Å². The minimum Gasteiger partial charge on any atom is -0.502 e. The first kappa shape index (κ1) is 18.1. The van der Waals surface area contributed by atoms with Crippen LogP contribution in [0.4, 0.5) is 5.69 Å². The van der Waals surface area contributed by atoms with Crippen LogP contribution in [-0.4, -0.2) is 20.6 Å². The van der Waals surface area contributed by atoms with E-state index >= 15 is 0 Å². The molecule has 3 aromatic rings. The molecule has 0 fully saturated rings. The molecule has 0 saturated carbocycles. The van der Waals surface area contributed by atoms with Crippen molar-refractivity contribution in [3.63, 3.8) is 0 Å². The molecule has 0 aliphatic heterocycles. The van der Waals surface area contributed by atoms with E-state index in [1.54, 1.807) is 30.6 Å². The monoisotopic (exact) mass is 373 g/mol. The summed E-state index contributed by atoms with van der Waals surface area (Å²) in [6, 6.07) is 7.18. The summed E-state index contributed by atoms with van der Waals surface area (Å²) in [6.45, 7) is 4.91. The lowest BCUT2D eigenvalue weighted by atomic mass is 10.2. The third kappa shape index (κ3) is 3.60. The number of nitrogens with zero attached hydrogens (tertiary/aromatic N) is 2. The molecule has 0 radical (unpaired) electrons. The van der Waals surface area contributed by atoms with E-state index in [0.717, 1.165) is 5.56 Å². The van der Waals surface area contributed by atoms with Crippen molar-refractivity contribution in [3.8, 4) is 5.75 Å². The summed E-state index contributed by atoms with van der Waals surface area (Å²) < 4.78 is 2.90. The molecule has 0 spiro atoms. The Morgan fingerprint density at radius 1 is 1.23 bits per heavy atom. The zero-order valence-electron chi connectivity index (χ0n) is 14.6. The van der Waals surface area contributed by atoms with Crippen molar-refractivity contribution in [2.24, 2.45) is 5.92 Å². The van der Waals surface area contributed by atoms with Crippen molar-refractivity contribution in [3.05, 3.63) is 74.0 Å². The average Bonchev–Trinajstić information content (AvgIpc) is 2.59. The predicted molar refractivity (Wildman–Crippen MR) is 103 cm³/mol. The predicted octanol–water partition coefficient (Wildman–Crippen LogP) is 2.94. The molecule has 2 heterocycles. The number of hydrogen-bond acceptors (Lipinski definition) is 4. The molecule has 0 amide bonds. The van der Waals surface area contributed by atoms with Crippen LogP contribution in [0.3, 0.4) is 0 Å². The van der Waals surface area contributed by atoms with Gasteiger partial charge in [-0.1, -0.05) is 37.6 Å². The summed E-state index contributed by atoms with van der Waals surface area (Å²) in [6.07, 6.45) is 4.79. The van der Waals surface area contributed by atoms with Crippen molar-refractivity contribution in [2.45, 2.75) is 20.4 Å². The highest BCUT2D eigenvalue weighted by atomic mass is 35.5. The second-order valence-corrected chi connectivity index (χ2v) is 7.05. The van der Waals surface area contributed by atoms with Gasteiger partial charge in [-0.05, 0) is 23.6 Å². The standard InChI is InChI=1S/C19H20ClN3O3/c1-12(2)9-21-15-11-22-6-7-23(10-13-4-3-5-14(20)8-13)19(26)16(22)18(25)17(15)24/h3-8,11-12,21,25H,9-10H2,1-2H3. The highest BCUT2D eigenvalue weighted by molar-refractivity contribution is 6.30. The smallest absolute Gasteiger partial charge is 0.279 e. The van der Waals surface area contributed by atoms with E-state index in [1.165, 1.54) is 15.2 Å². The average molecular weight is 374 g/mol. The second-order valence-electron chi connectivity index (χ2n) is 6.61. The van der Waals surface area contributed by atoms with Gasteiger partial charge in [-0.15, -0.1) is 0 Å². The van der Waals surface area contributed by atoms with Crippen molar-refractivity contribution in [1.82, 2.24) is 8.97 Å². The molecule has 3 rings (SSSR count). The molecule has 0 bridgehead atoms. The van der Waals surface area contributed by atoms with Gasteiger partial charge in [0.15, 0.2) is 11.3 Å². The van der Waals surface area contributed by atoms with Crippen LogP contribution >= 0.6 is 11.6 Å². The van der Waals surface area contributed by atoms with Crippen molar-refractivity contribution in [1.29, 1.82) is 0 Å². The van der Waals surface area contributed by atoms with Crippen molar-refractivity contribution < 1.29 is 5.11 Å². The molecule has 0 aliphatic carbocycles. The van der Waals surface area contributed by atoms with Gasteiger partial charge in [-0.3, -0.25) is 9.59 Å². The van der Waals surface area contributed by atoms with Crippen LogP contribution in [0.25, 0.3) is 5.52 Å². The largest absolute Gasteiger partial charge is 0.502 e. The summed E-state index contributed by atoms with van der Waals surface area (Å²) in [5.74, 6) is -0.216. The third-order valence-electron chi connectivity index (χ3n) is 4.02. The van der Waals surface area contributed by atoms with Crippen LogP contribution in [0.2, 0.25) is 5.02 Å². The second kappa shape index (κ2) is 7.25. The van der Waals surface area contributed by atoms with Crippen LogP contribution in [0.15, 0.2) is 52.4 Å². The molecule has 6 nitrogen and oxygen atoms in total. The van der Waals surface area contributed by atoms with E-state index in [9.17, 15) is 14.7 Å². The zero-order chi connectivity index (χ0) is 18.8. The Bertz CT molecular complexity index is 1070. The van der Waals surface area contributed by atoms with Gasteiger partial charge in [-0.25, -0.2) is 0 Å². The molecule has 2 N–H and O–H groups in total. The Kier molecular flexibility index (Phi) is 5.04. The van der Waals surface area contributed by atoms with Crippen LogP contribution < -0.4 is 16.3 Å². The van der Waals surface area contributed by atoms with E-state index in [0.29, 0.717) is 17.5 Å². The Labute approximate surface area is 155 Å². The molecule has 26 heavy (non-hydrogen) atoms. The van der Waals surface area contributed by atoms with Gasteiger partial charge in [0.2, 0.25) is 5.43 Å². The normalized spacial score (nSPS) is 11.2. The van der Waals surface area contributed by atoms with Gasteiger partial charge >= 0.3 is 0 Å². The summed E-state index contributed by atoms with van der Waals surface area (Å²) >= 11 is 5.98. The number of halogens is 1. The van der Waals surface area contributed by atoms with Crippen LogP contribution in [0, 0.1) is 5.92 Å². The topological polar surface area (TPSA) is 75.7 Å². The van der Waals surface area contributed by atoms with Crippen LogP contribution in [-0.2, 0) is 6.54 Å². The Balaban J connectivity index is 2.06. The van der Waals surface area contributed by atoms with E-state index in [4.69, 9.17) is 11.6 Å². The fourth-order valence-corrected chi connectivity index (χ4v) is 2.91. The first-order valence-electron chi connectivity index (χ1n) is 8.32. The first-order valence-corrected chi connectivity index (χ1v) is 8.70. The summed E-state index contributed by atoms with van der Waals surface area (Å²) in [5, 5.41) is 13.9. The number of pyridine rings is 1. The Morgan fingerprint density at radius 3 is 2.69 bits per heavy atom. The number of aromatic hydroxyl groups is 1. The fourth-order valence-electron chi connectivity index (χ4n) is 2.70. The van der Waals surface area contributed by atoms with Crippen LogP contribution in [0.5, 0.6) is 5.75 Å². The molecule has 1 aromatic carbocycles. The number of anilines is 1. The van der Waals surface area contributed by atoms with Crippen molar-refractivity contribution >= 4 is 22.8 Å². The highest BCUT2D eigenvalue weighted by Gasteiger charge is 2.14.